The molecule has 0 aliphatic rings. The largest absolute Gasteiger partial charge is 0.435 e. The lowest BCUT2D eigenvalue weighted by molar-refractivity contribution is -0.140. The lowest BCUT2D eigenvalue weighted by atomic mass is 10.2. The van der Waals surface area contributed by atoms with Gasteiger partial charge in [0, 0.05) is 21.8 Å². The zero-order valence-corrected chi connectivity index (χ0v) is 14.0. The Kier molecular flexibility index (Phi) is 6.07. The molecule has 0 spiro atoms. The van der Waals surface area contributed by atoms with E-state index in [1.165, 1.54) is 18.3 Å². The number of hydrogen-bond donors (Lipinski definition) is 1. The molecule has 0 aliphatic carbocycles. The van der Waals surface area contributed by atoms with Gasteiger partial charge in [-0.05, 0) is 18.2 Å². The van der Waals surface area contributed by atoms with E-state index in [2.05, 4.69) is 10.5 Å². The summed E-state index contributed by atoms with van der Waals surface area (Å²) in [5.41, 5.74) is 1.80. The third-order valence-electron chi connectivity index (χ3n) is 2.67. The van der Waals surface area contributed by atoms with E-state index in [9.17, 15) is 13.2 Å². The molecular weight excluding hydrogens is 386 g/mol. The lowest BCUT2D eigenvalue weighted by Crippen LogP contribution is -2.08. The van der Waals surface area contributed by atoms with Crippen LogP contribution in [0, 0.1) is 11.3 Å². The fraction of sp³-hybridized carbons (Fsp3) is 0.143. The van der Waals surface area contributed by atoms with Crippen molar-refractivity contribution in [2.75, 3.05) is 0 Å². The maximum Gasteiger partial charge on any atom is 0.435 e. The maximum atomic E-state index is 12.7. The van der Waals surface area contributed by atoms with Gasteiger partial charge in [0.15, 0.2) is 5.69 Å². The molecule has 0 saturated carbocycles. The number of nitriles is 1. The number of nitrogens with zero attached hydrogens (tertiary/aromatic N) is 2. The Balaban J connectivity index is 1.96. The summed E-state index contributed by atoms with van der Waals surface area (Å²) in [5.74, 6) is 0. The molecule has 0 atom stereocenters. The average molecular weight is 394 g/mol. The van der Waals surface area contributed by atoms with Crippen LogP contribution in [-0.4, -0.2) is 4.98 Å². The summed E-state index contributed by atoms with van der Waals surface area (Å²) < 4.78 is 38.0. The van der Waals surface area contributed by atoms with Gasteiger partial charge in [0.1, 0.15) is 22.6 Å². The van der Waals surface area contributed by atoms with Gasteiger partial charge in [-0.3, -0.25) is 10.3 Å². The molecule has 1 N–H and O–H groups in total. The fourth-order valence-electron chi connectivity index (χ4n) is 1.61. The van der Waals surface area contributed by atoms with E-state index in [0.717, 1.165) is 0 Å². The molecule has 10 heteroatoms. The number of thiazole rings is 1. The molecule has 0 saturated heterocycles. The number of nitrogens with one attached hydrogen (secondary N) is 1. The van der Waals surface area contributed by atoms with Crippen LogP contribution >= 0.6 is 34.5 Å². The highest BCUT2D eigenvalue weighted by atomic mass is 35.5. The summed E-state index contributed by atoms with van der Waals surface area (Å²) in [7, 11) is 0. The number of halogens is 5. The van der Waals surface area contributed by atoms with Crippen molar-refractivity contribution < 1.29 is 18.0 Å². The number of hydrogen-bond acceptors (Lipinski definition) is 5. The van der Waals surface area contributed by atoms with Crippen LogP contribution in [0.25, 0.3) is 6.08 Å². The summed E-state index contributed by atoms with van der Waals surface area (Å²) in [5, 5.41) is 9.60. The molecule has 0 unspecified atom stereocenters. The van der Waals surface area contributed by atoms with E-state index in [4.69, 9.17) is 33.3 Å². The summed E-state index contributed by atoms with van der Waals surface area (Å²) in [6, 6.07) is 6.47. The number of hydroxylamine groups is 1. The summed E-state index contributed by atoms with van der Waals surface area (Å²) in [4.78, 5) is 8.01. The van der Waals surface area contributed by atoms with Crippen molar-refractivity contribution in [3.63, 3.8) is 0 Å². The molecule has 1 aromatic carbocycles. The predicted octanol–water partition coefficient (Wildman–Crippen LogP) is 5.03. The minimum Gasteiger partial charge on any atom is -0.274 e. The maximum absolute atomic E-state index is 12.7. The van der Waals surface area contributed by atoms with E-state index in [-0.39, 0.29) is 11.6 Å². The third-order valence-corrected chi connectivity index (χ3v) is 4.30. The van der Waals surface area contributed by atoms with Crippen LogP contribution in [0.3, 0.4) is 0 Å². The zero-order chi connectivity index (χ0) is 17.7. The van der Waals surface area contributed by atoms with Crippen LogP contribution in [-0.2, 0) is 17.6 Å². The first-order valence-electron chi connectivity index (χ1n) is 6.28. The SMILES string of the molecule is N#Cc1sc(C=CNOCc2c(Cl)cccc2Cl)nc1C(F)(F)F. The standard InChI is InChI=1S/C14H8Cl2F3N3OS/c15-9-2-1-3-10(16)8(9)7-23-21-5-4-12-22-13(14(17,18)19)11(6-20)24-12/h1-5,21H,7H2. The molecule has 0 bridgehead atoms. The fourth-order valence-corrected chi connectivity index (χ4v) is 2.91. The van der Waals surface area contributed by atoms with Gasteiger partial charge in [0.05, 0.1) is 0 Å². The highest BCUT2D eigenvalue weighted by Gasteiger charge is 2.37. The molecule has 2 rings (SSSR count). The predicted molar refractivity (Wildman–Crippen MR) is 85.3 cm³/mol. The summed E-state index contributed by atoms with van der Waals surface area (Å²) >= 11 is 12.6. The first-order valence-corrected chi connectivity index (χ1v) is 7.85. The highest BCUT2D eigenvalue weighted by molar-refractivity contribution is 7.13. The summed E-state index contributed by atoms with van der Waals surface area (Å²) in [6.45, 7) is 0.0535. The molecule has 1 heterocycles. The van der Waals surface area contributed by atoms with E-state index in [1.807, 2.05) is 0 Å². The van der Waals surface area contributed by atoms with Gasteiger partial charge in [-0.15, -0.1) is 11.3 Å². The van der Waals surface area contributed by atoms with Crippen molar-refractivity contribution in [1.82, 2.24) is 10.5 Å². The smallest absolute Gasteiger partial charge is 0.274 e. The van der Waals surface area contributed by atoms with Crippen molar-refractivity contribution in [1.29, 1.82) is 5.26 Å². The van der Waals surface area contributed by atoms with Gasteiger partial charge < -0.3 is 0 Å². The second kappa shape index (κ2) is 7.85. The van der Waals surface area contributed by atoms with E-state index >= 15 is 0 Å². The van der Waals surface area contributed by atoms with Crippen molar-refractivity contribution in [3.05, 3.63) is 55.6 Å². The lowest BCUT2D eigenvalue weighted by Gasteiger charge is -2.06. The first kappa shape index (κ1) is 18.5. The number of benzene rings is 1. The normalized spacial score (nSPS) is 11.7. The number of aromatic nitrogens is 1. The van der Waals surface area contributed by atoms with Crippen LogP contribution in [0.4, 0.5) is 13.2 Å². The molecule has 0 fully saturated rings. The van der Waals surface area contributed by atoms with Gasteiger partial charge in [-0.25, -0.2) is 4.98 Å². The van der Waals surface area contributed by atoms with Crippen LogP contribution in [0.15, 0.2) is 24.4 Å². The molecule has 4 nitrogen and oxygen atoms in total. The van der Waals surface area contributed by atoms with Gasteiger partial charge in [0.2, 0.25) is 0 Å². The molecule has 24 heavy (non-hydrogen) atoms. The van der Waals surface area contributed by atoms with Crippen LogP contribution < -0.4 is 5.48 Å². The Bertz CT molecular complexity index is 779. The summed E-state index contributed by atoms with van der Waals surface area (Å²) in [6.07, 6.45) is -2.15. The average Bonchev–Trinajstić information content (AvgIpc) is 2.93. The Labute approximate surface area is 149 Å². The van der Waals surface area contributed by atoms with E-state index in [1.54, 1.807) is 18.2 Å². The molecule has 0 aliphatic heterocycles. The Hall–Kier alpha value is -1.79. The highest BCUT2D eigenvalue weighted by Crippen LogP contribution is 2.34. The molecule has 0 radical (unpaired) electrons. The molecule has 1 aromatic heterocycles. The van der Waals surface area contributed by atoms with Gasteiger partial charge >= 0.3 is 6.18 Å². The van der Waals surface area contributed by atoms with Crippen molar-refractivity contribution in [3.8, 4) is 6.07 Å². The van der Waals surface area contributed by atoms with Gasteiger partial charge in [0.25, 0.3) is 0 Å². The van der Waals surface area contributed by atoms with Crippen molar-refractivity contribution in [2.45, 2.75) is 12.8 Å². The van der Waals surface area contributed by atoms with E-state index in [0.29, 0.717) is 26.9 Å². The van der Waals surface area contributed by atoms with Crippen molar-refractivity contribution in [2.24, 2.45) is 0 Å². The second-order valence-corrected chi connectivity index (χ2v) is 6.12. The van der Waals surface area contributed by atoms with Crippen LogP contribution in [0.2, 0.25) is 10.0 Å². The molecule has 126 valence electrons. The third kappa shape index (κ3) is 4.61. The molecule has 2 aromatic rings. The molecule has 0 amide bonds. The van der Waals surface area contributed by atoms with Crippen LogP contribution in [0.5, 0.6) is 0 Å². The zero-order valence-electron chi connectivity index (χ0n) is 11.7. The first-order chi connectivity index (χ1) is 11.3. The quantitative estimate of drug-likeness (QED) is 0.571. The minimum absolute atomic E-state index is 0.0192. The molecular formula is C14H8Cl2F3N3OS. The Morgan fingerprint density at radius 1 is 1.33 bits per heavy atom. The van der Waals surface area contributed by atoms with Crippen LogP contribution in [0.1, 0.15) is 21.1 Å². The number of rotatable bonds is 5. The monoisotopic (exact) mass is 393 g/mol. The second-order valence-electron chi connectivity index (χ2n) is 4.28. The van der Waals surface area contributed by atoms with Gasteiger partial charge in [-0.2, -0.15) is 18.4 Å². The number of alkyl halides is 3. The van der Waals surface area contributed by atoms with Crippen molar-refractivity contribution >= 4 is 40.6 Å². The van der Waals surface area contributed by atoms with Gasteiger partial charge in [-0.1, -0.05) is 29.3 Å². The topological polar surface area (TPSA) is 57.9 Å². The Morgan fingerprint density at radius 2 is 2.00 bits per heavy atom. The van der Waals surface area contributed by atoms with E-state index < -0.39 is 16.7 Å². The minimum atomic E-state index is -4.67. The Morgan fingerprint density at radius 3 is 2.54 bits per heavy atom.